The Kier molecular flexibility index (Phi) is 12.0. The number of nitrogens with one attached hydrogen (secondary N) is 1. The summed E-state index contributed by atoms with van der Waals surface area (Å²) in [6, 6.07) is 9.47. The first-order valence-corrected chi connectivity index (χ1v) is 17.0. The molecule has 4 rings (SSSR count). The molecule has 0 unspecified atom stereocenters. The van der Waals surface area contributed by atoms with E-state index in [-0.39, 0.29) is 29.9 Å². The molecule has 1 atom stereocenters. The van der Waals surface area contributed by atoms with Crippen molar-refractivity contribution in [3.8, 4) is 5.75 Å². The highest BCUT2D eigenvalue weighted by atomic mass is 35.5. The minimum Gasteiger partial charge on any atom is -0.493 e. The normalized spacial score (nSPS) is 18.0. The number of carbonyl (C=O) groups excluding carboxylic acids is 1. The molecule has 2 fully saturated rings. The molecule has 2 aromatic rings. The molecular weight excluding hydrogens is 595 g/mol. The summed E-state index contributed by atoms with van der Waals surface area (Å²) in [4.78, 5) is 19.6. The number of piperazine rings is 1. The van der Waals surface area contributed by atoms with E-state index in [9.17, 15) is 17.6 Å². The topological polar surface area (TPSA) is 134 Å². The third-order valence-electron chi connectivity index (χ3n) is 8.28. The number of benzene rings is 2. The number of sulfonamides is 1. The molecule has 13 heteroatoms. The van der Waals surface area contributed by atoms with Crippen LogP contribution < -0.4 is 20.9 Å². The van der Waals surface area contributed by atoms with Crippen molar-refractivity contribution < 1.29 is 22.3 Å². The zero-order valence-electron chi connectivity index (χ0n) is 24.8. The number of amides is 1. The Morgan fingerprint density at radius 1 is 1.12 bits per heavy atom. The Hall–Kier alpha value is -2.48. The molecule has 1 amide bonds. The van der Waals surface area contributed by atoms with Gasteiger partial charge in [-0.2, -0.15) is 0 Å². The summed E-state index contributed by atoms with van der Waals surface area (Å²) in [6.45, 7) is 7.57. The van der Waals surface area contributed by atoms with E-state index in [0.717, 1.165) is 38.0 Å². The van der Waals surface area contributed by atoms with Crippen LogP contribution in [0.15, 0.2) is 36.4 Å². The van der Waals surface area contributed by atoms with Crippen LogP contribution in [0.1, 0.15) is 30.9 Å². The minimum absolute atomic E-state index is 0.0210. The van der Waals surface area contributed by atoms with Crippen molar-refractivity contribution in [3.05, 3.63) is 58.4 Å². The Balaban J connectivity index is 1.23. The lowest BCUT2D eigenvalue weighted by molar-refractivity contribution is -0.136. The minimum atomic E-state index is -3.53. The summed E-state index contributed by atoms with van der Waals surface area (Å²) in [5, 5.41) is 0.545. The van der Waals surface area contributed by atoms with Gasteiger partial charge >= 0.3 is 0 Å². The monoisotopic (exact) mass is 638 g/mol. The predicted molar refractivity (Wildman–Crippen MR) is 168 cm³/mol. The molecule has 5 N–H and O–H groups in total. The van der Waals surface area contributed by atoms with E-state index in [1.165, 1.54) is 6.07 Å². The molecule has 0 aliphatic carbocycles. The van der Waals surface area contributed by atoms with Crippen molar-refractivity contribution in [2.75, 3.05) is 69.4 Å². The van der Waals surface area contributed by atoms with E-state index in [1.807, 2.05) is 11.8 Å². The van der Waals surface area contributed by atoms with Crippen LogP contribution >= 0.6 is 11.6 Å². The zero-order chi connectivity index (χ0) is 31.0. The van der Waals surface area contributed by atoms with Crippen LogP contribution in [0.2, 0.25) is 5.02 Å². The van der Waals surface area contributed by atoms with Gasteiger partial charge in [-0.3, -0.25) is 14.4 Å². The fraction of sp³-hybridized carbons (Fsp3) is 0.567. The highest BCUT2D eigenvalue weighted by molar-refractivity contribution is 7.92. The fourth-order valence-corrected chi connectivity index (χ4v) is 6.94. The smallest absolute Gasteiger partial charge is 0.239 e. The van der Waals surface area contributed by atoms with Crippen LogP contribution in [-0.4, -0.2) is 99.8 Å². The Morgan fingerprint density at radius 3 is 2.51 bits per heavy atom. The Labute approximate surface area is 259 Å². The predicted octanol–water partition coefficient (Wildman–Crippen LogP) is 2.50. The lowest BCUT2D eigenvalue weighted by atomic mass is 9.88. The number of ether oxygens (including phenoxy) is 1. The number of nitrogens with two attached hydrogens (primary N) is 2. The maximum absolute atomic E-state index is 14.5. The molecule has 238 valence electrons. The summed E-state index contributed by atoms with van der Waals surface area (Å²) in [5.41, 5.74) is 13.8. The van der Waals surface area contributed by atoms with Gasteiger partial charge in [-0.25, -0.2) is 12.8 Å². The average molecular weight is 639 g/mol. The number of carbonyl (C=O) groups is 1. The van der Waals surface area contributed by atoms with Crippen LogP contribution in [-0.2, 0) is 27.8 Å². The molecule has 0 spiro atoms. The van der Waals surface area contributed by atoms with Crippen molar-refractivity contribution in [2.45, 2.75) is 38.8 Å². The van der Waals surface area contributed by atoms with Gasteiger partial charge in [0.2, 0.25) is 15.9 Å². The van der Waals surface area contributed by atoms with E-state index < -0.39 is 16.1 Å². The van der Waals surface area contributed by atoms with Crippen molar-refractivity contribution in [2.24, 2.45) is 17.4 Å². The van der Waals surface area contributed by atoms with Gasteiger partial charge in [0.1, 0.15) is 11.6 Å². The Bertz CT molecular complexity index is 1330. The fourth-order valence-electron chi connectivity index (χ4n) is 5.80. The SMILES string of the molecule is CCOc1cccc(F)c1CN1CCN(C(=O)[C@H](N)C2CCN(CCc3cc(Cl)ccc3NS(=O)(=O)CCN)CC2)CC1. The molecule has 2 aliphatic rings. The maximum Gasteiger partial charge on any atom is 0.239 e. The lowest BCUT2D eigenvalue weighted by Crippen LogP contribution is -2.55. The van der Waals surface area contributed by atoms with Gasteiger partial charge in [0.15, 0.2) is 0 Å². The number of halogens is 2. The van der Waals surface area contributed by atoms with Crippen molar-refractivity contribution >= 4 is 33.2 Å². The lowest BCUT2D eigenvalue weighted by Gasteiger charge is -2.39. The van der Waals surface area contributed by atoms with Crippen molar-refractivity contribution in [3.63, 3.8) is 0 Å². The largest absolute Gasteiger partial charge is 0.493 e. The molecule has 0 bridgehead atoms. The summed E-state index contributed by atoms with van der Waals surface area (Å²) in [7, 11) is -3.53. The highest BCUT2D eigenvalue weighted by Gasteiger charge is 2.33. The molecule has 0 radical (unpaired) electrons. The Morgan fingerprint density at radius 2 is 1.84 bits per heavy atom. The standard InChI is InChI=1S/C30H44ClFN6O4S/c1-2-42-28-5-3-4-26(32)25(28)21-37-15-17-38(18-16-37)30(39)29(34)22-8-12-36(13-9-22)14-10-23-20-24(31)6-7-27(23)35-43(40,41)19-11-33/h3-7,20,22,29,35H,2,8-19,21,33-34H2,1H3/t29-/m1/s1. The first kappa shape index (κ1) is 33.4. The van der Waals surface area contributed by atoms with Crippen molar-refractivity contribution in [1.29, 1.82) is 0 Å². The average Bonchev–Trinajstić information content (AvgIpc) is 2.99. The molecule has 10 nitrogen and oxygen atoms in total. The molecule has 0 aromatic heterocycles. The molecule has 2 aliphatic heterocycles. The number of hydrogen-bond donors (Lipinski definition) is 3. The summed E-state index contributed by atoms with van der Waals surface area (Å²) >= 11 is 6.20. The number of anilines is 1. The van der Waals surface area contributed by atoms with Gasteiger partial charge in [-0.05, 0) is 81.1 Å². The summed E-state index contributed by atoms with van der Waals surface area (Å²) in [6.07, 6.45) is 2.25. The number of nitrogens with zero attached hydrogens (tertiary/aromatic N) is 3. The first-order valence-electron chi connectivity index (χ1n) is 15.0. The number of rotatable bonds is 13. The summed E-state index contributed by atoms with van der Waals surface area (Å²) in [5.74, 6) is 0.207. The molecule has 2 saturated heterocycles. The van der Waals surface area contributed by atoms with Gasteiger partial charge < -0.3 is 26.0 Å². The molecule has 43 heavy (non-hydrogen) atoms. The van der Waals surface area contributed by atoms with Crippen LogP contribution in [0.3, 0.4) is 0 Å². The summed E-state index contributed by atoms with van der Waals surface area (Å²) < 4.78 is 47.2. The molecule has 2 aromatic carbocycles. The second-order valence-electron chi connectivity index (χ2n) is 11.2. The van der Waals surface area contributed by atoms with Crippen LogP contribution in [0.25, 0.3) is 0 Å². The van der Waals surface area contributed by atoms with Crippen LogP contribution in [0, 0.1) is 11.7 Å². The first-order chi connectivity index (χ1) is 20.6. The third kappa shape index (κ3) is 9.26. The zero-order valence-corrected chi connectivity index (χ0v) is 26.4. The number of hydrogen-bond acceptors (Lipinski definition) is 8. The van der Waals surface area contributed by atoms with E-state index in [4.69, 9.17) is 27.8 Å². The van der Waals surface area contributed by atoms with Gasteiger partial charge in [0, 0.05) is 56.4 Å². The molecular formula is C30H44ClFN6O4S. The van der Waals surface area contributed by atoms with E-state index in [1.54, 1.807) is 30.3 Å². The van der Waals surface area contributed by atoms with Gasteiger partial charge in [-0.1, -0.05) is 17.7 Å². The molecule has 0 saturated carbocycles. The highest BCUT2D eigenvalue weighted by Crippen LogP contribution is 2.26. The van der Waals surface area contributed by atoms with Crippen LogP contribution in [0.5, 0.6) is 5.75 Å². The van der Waals surface area contributed by atoms with Gasteiger partial charge in [-0.15, -0.1) is 0 Å². The van der Waals surface area contributed by atoms with E-state index in [0.29, 0.717) is 67.8 Å². The van der Waals surface area contributed by atoms with Gasteiger partial charge in [0.25, 0.3) is 0 Å². The molecule has 2 heterocycles. The van der Waals surface area contributed by atoms with Crippen LogP contribution in [0.4, 0.5) is 10.1 Å². The number of likely N-dealkylation sites (tertiary alicyclic amines) is 1. The van der Waals surface area contributed by atoms with E-state index >= 15 is 0 Å². The van der Waals surface area contributed by atoms with E-state index in [2.05, 4.69) is 14.5 Å². The van der Waals surface area contributed by atoms with Gasteiger partial charge in [0.05, 0.1) is 24.1 Å². The number of piperidine rings is 1. The quantitative estimate of drug-likeness (QED) is 0.305. The second-order valence-corrected chi connectivity index (χ2v) is 13.5. The third-order valence-corrected chi connectivity index (χ3v) is 9.82. The second kappa shape index (κ2) is 15.5. The van der Waals surface area contributed by atoms with Crippen molar-refractivity contribution in [1.82, 2.24) is 14.7 Å². The maximum atomic E-state index is 14.5.